The minimum atomic E-state index is -0.0393. The smallest absolute Gasteiger partial charge is 0.204 e. The highest BCUT2D eigenvalue weighted by molar-refractivity contribution is 5.39. The first-order chi connectivity index (χ1) is 9.65. The molecule has 0 radical (unpaired) electrons. The first kappa shape index (κ1) is 14.3. The highest BCUT2D eigenvalue weighted by Gasteiger charge is 2.07. The molecule has 0 saturated carbocycles. The average molecular weight is 273 g/mol. The molecule has 0 amide bonds. The van der Waals surface area contributed by atoms with Crippen LogP contribution < -0.4 is 15.5 Å². The number of ether oxygens (including phenoxy) is 1. The van der Waals surface area contributed by atoms with Crippen molar-refractivity contribution in [1.82, 2.24) is 15.1 Å². The van der Waals surface area contributed by atoms with Crippen molar-refractivity contribution in [2.24, 2.45) is 0 Å². The lowest BCUT2D eigenvalue weighted by Crippen LogP contribution is -2.24. The second-order valence-electron chi connectivity index (χ2n) is 4.49. The van der Waals surface area contributed by atoms with Crippen molar-refractivity contribution in [2.75, 3.05) is 13.7 Å². The number of benzene rings is 1. The Morgan fingerprint density at radius 1 is 1.35 bits per heavy atom. The van der Waals surface area contributed by atoms with Crippen molar-refractivity contribution >= 4 is 0 Å². The standard InChI is InChI=1S/C15H19N3O2/c1-4-16-10-14-15(19)8-11(2)18(17-14)12-6-5-7-13(9-12)20-3/h5-9,16H,4,10H2,1-3H3. The molecule has 20 heavy (non-hydrogen) atoms. The molecule has 2 aromatic rings. The quantitative estimate of drug-likeness (QED) is 0.900. The molecular weight excluding hydrogens is 254 g/mol. The lowest BCUT2D eigenvalue weighted by atomic mass is 10.2. The molecule has 0 aliphatic carbocycles. The van der Waals surface area contributed by atoms with E-state index in [2.05, 4.69) is 10.4 Å². The van der Waals surface area contributed by atoms with Crippen LogP contribution in [-0.2, 0) is 6.54 Å². The van der Waals surface area contributed by atoms with E-state index in [0.717, 1.165) is 23.7 Å². The first-order valence-corrected chi connectivity index (χ1v) is 6.60. The van der Waals surface area contributed by atoms with E-state index >= 15 is 0 Å². The van der Waals surface area contributed by atoms with Crippen LogP contribution in [0.3, 0.4) is 0 Å². The third kappa shape index (κ3) is 3.05. The number of aryl methyl sites for hydroxylation is 1. The van der Waals surface area contributed by atoms with Gasteiger partial charge in [0.1, 0.15) is 11.4 Å². The van der Waals surface area contributed by atoms with Crippen LogP contribution in [0.15, 0.2) is 35.1 Å². The summed E-state index contributed by atoms with van der Waals surface area (Å²) in [4.78, 5) is 11.9. The molecule has 5 heteroatoms. The maximum Gasteiger partial charge on any atom is 0.204 e. The van der Waals surface area contributed by atoms with Crippen molar-refractivity contribution < 1.29 is 4.74 Å². The predicted octanol–water partition coefficient (Wildman–Crippen LogP) is 1.66. The van der Waals surface area contributed by atoms with E-state index in [0.29, 0.717) is 12.2 Å². The van der Waals surface area contributed by atoms with Gasteiger partial charge in [-0.3, -0.25) is 4.79 Å². The third-order valence-corrected chi connectivity index (χ3v) is 3.02. The van der Waals surface area contributed by atoms with Crippen LogP contribution >= 0.6 is 0 Å². The van der Waals surface area contributed by atoms with Gasteiger partial charge in [0.05, 0.1) is 12.8 Å². The fraction of sp³-hybridized carbons (Fsp3) is 0.333. The Morgan fingerprint density at radius 2 is 2.15 bits per heavy atom. The Balaban J connectivity index is 2.47. The van der Waals surface area contributed by atoms with Gasteiger partial charge in [-0.25, -0.2) is 4.68 Å². The number of nitrogens with one attached hydrogen (secondary N) is 1. The van der Waals surface area contributed by atoms with E-state index in [1.807, 2.05) is 38.1 Å². The summed E-state index contributed by atoms with van der Waals surface area (Å²) in [6.45, 7) is 5.13. The Morgan fingerprint density at radius 3 is 2.85 bits per heavy atom. The van der Waals surface area contributed by atoms with Crippen LogP contribution in [0.5, 0.6) is 5.75 Å². The molecular formula is C15H19N3O2. The highest BCUT2D eigenvalue weighted by Crippen LogP contribution is 2.16. The Labute approximate surface area is 118 Å². The van der Waals surface area contributed by atoms with Crippen molar-refractivity contribution in [3.8, 4) is 11.4 Å². The number of methoxy groups -OCH3 is 1. The number of hydrogen-bond acceptors (Lipinski definition) is 4. The summed E-state index contributed by atoms with van der Waals surface area (Å²) in [6, 6.07) is 9.21. The minimum absolute atomic E-state index is 0.0393. The van der Waals surface area contributed by atoms with Gasteiger partial charge in [0, 0.05) is 24.4 Å². The van der Waals surface area contributed by atoms with Crippen LogP contribution in [0.4, 0.5) is 0 Å². The molecule has 0 aliphatic rings. The van der Waals surface area contributed by atoms with E-state index in [-0.39, 0.29) is 5.43 Å². The van der Waals surface area contributed by atoms with Crippen LogP contribution in [0, 0.1) is 6.92 Å². The summed E-state index contributed by atoms with van der Waals surface area (Å²) >= 11 is 0. The largest absolute Gasteiger partial charge is 0.497 e. The SMILES string of the molecule is CCNCc1nn(-c2cccc(OC)c2)c(C)cc1=O. The molecule has 5 nitrogen and oxygen atoms in total. The average Bonchev–Trinajstić information content (AvgIpc) is 2.46. The zero-order valence-electron chi connectivity index (χ0n) is 12.0. The summed E-state index contributed by atoms with van der Waals surface area (Å²) in [5, 5.41) is 7.57. The van der Waals surface area contributed by atoms with Gasteiger partial charge in [-0.2, -0.15) is 5.10 Å². The van der Waals surface area contributed by atoms with Crippen molar-refractivity contribution in [3.63, 3.8) is 0 Å². The van der Waals surface area contributed by atoms with Gasteiger partial charge in [-0.15, -0.1) is 0 Å². The molecule has 1 heterocycles. The summed E-state index contributed by atoms with van der Waals surface area (Å²) in [6.07, 6.45) is 0. The van der Waals surface area contributed by atoms with Gasteiger partial charge in [-0.05, 0) is 25.6 Å². The van der Waals surface area contributed by atoms with Gasteiger partial charge in [0.25, 0.3) is 0 Å². The van der Waals surface area contributed by atoms with Gasteiger partial charge in [-0.1, -0.05) is 13.0 Å². The van der Waals surface area contributed by atoms with E-state index in [1.165, 1.54) is 0 Å². The van der Waals surface area contributed by atoms with E-state index < -0.39 is 0 Å². The second-order valence-corrected chi connectivity index (χ2v) is 4.49. The van der Waals surface area contributed by atoms with Crippen LogP contribution in [-0.4, -0.2) is 23.4 Å². The summed E-state index contributed by atoms with van der Waals surface area (Å²) in [7, 11) is 1.63. The fourth-order valence-electron chi connectivity index (χ4n) is 1.95. The molecule has 0 fully saturated rings. The van der Waals surface area contributed by atoms with Crippen LogP contribution in [0.1, 0.15) is 18.3 Å². The molecule has 1 aromatic heterocycles. The molecule has 0 bridgehead atoms. The lowest BCUT2D eigenvalue weighted by molar-refractivity contribution is 0.414. The van der Waals surface area contributed by atoms with Crippen LogP contribution in [0.25, 0.3) is 5.69 Å². The Bertz CT molecular complexity index is 650. The maximum absolute atomic E-state index is 11.9. The molecule has 0 aliphatic heterocycles. The topological polar surface area (TPSA) is 56.1 Å². The van der Waals surface area contributed by atoms with Crippen LogP contribution in [0.2, 0.25) is 0 Å². The summed E-state index contributed by atoms with van der Waals surface area (Å²) in [5.41, 5.74) is 2.14. The molecule has 0 spiro atoms. The van der Waals surface area contributed by atoms with Gasteiger partial charge >= 0.3 is 0 Å². The molecule has 106 valence electrons. The van der Waals surface area contributed by atoms with E-state index in [4.69, 9.17) is 4.74 Å². The molecule has 0 atom stereocenters. The van der Waals surface area contributed by atoms with Gasteiger partial charge in [0.2, 0.25) is 5.43 Å². The molecule has 2 rings (SSSR count). The molecule has 1 aromatic carbocycles. The lowest BCUT2D eigenvalue weighted by Gasteiger charge is -2.12. The highest BCUT2D eigenvalue weighted by atomic mass is 16.5. The Kier molecular flexibility index (Phi) is 4.53. The first-order valence-electron chi connectivity index (χ1n) is 6.60. The zero-order chi connectivity index (χ0) is 14.5. The number of nitrogens with zero attached hydrogens (tertiary/aromatic N) is 2. The maximum atomic E-state index is 11.9. The number of hydrogen-bond donors (Lipinski definition) is 1. The Hall–Kier alpha value is -2.14. The van der Waals surface area contributed by atoms with Crippen molar-refractivity contribution in [2.45, 2.75) is 20.4 Å². The summed E-state index contributed by atoms with van der Waals surface area (Å²) in [5.74, 6) is 0.760. The number of rotatable bonds is 5. The second kappa shape index (κ2) is 6.34. The van der Waals surface area contributed by atoms with E-state index in [9.17, 15) is 4.79 Å². The van der Waals surface area contributed by atoms with Crippen molar-refractivity contribution in [3.05, 3.63) is 51.9 Å². The summed E-state index contributed by atoms with van der Waals surface area (Å²) < 4.78 is 6.98. The third-order valence-electron chi connectivity index (χ3n) is 3.02. The molecule has 0 saturated heterocycles. The van der Waals surface area contributed by atoms with E-state index in [1.54, 1.807) is 17.9 Å². The minimum Gasteiger partial charge on any atom is -0.497 e. The zero-order valence-corrected chi connectivity index (χ0v) is 12.0. The monoisotopic (exact) mass is 273 g/mol. The molecule has 0 unspecified atom stereocenters. The predicted molar refractivity (Wildman–Crippen MR) is 78.5 cm³/mol. The van der Waals surface area contributed by atoms with Crippen molar-refractivity contribution in [1.29, 1.82) is 0 Å². The number of aromatic nitrogens is 2. The van der Waals surface area contributed by atoms with Gasteiger partial charge < -0.3 is 10.1 Å². The molecule has 1 N–H and O–H groups in total. The van der Waals surface area contributed by atoms with Gasteiger partial charge in [0.15, 0.2) is 0 Å². The fourth-order valence-corrected chi connectivity index (χ4v) is 1.95. The normalized spacial score (nSPS) is 10.6.